The predicted octanol–water partition coefficient (Wildman–Crippen LogP) is 12.9. The Morgan fingerprint density at radius 1 is 0.422 bits per heavy atom. The van der Waals surface area contributed by atoms with Gasteiger partial charge >= 0.3 is 22.7 Å². The van der Waals surface area contributed by atoms with Gasteiger partial charge in [-0.3, -0.25) is 27.1 Å². The van der Waals surface area contributed by atoms with Crippen LogP contribution in [0.5, 0.6) is 46.0 Å². The van der Waals surface area contributed by atoms with Crippen LogP contribution in [-0.2, 0) is 29.6 Å². The van der Waals surface area contributed by atoms with Crippen LogP contribution in [0, 0.1) is 0 Å². The van der Waals surface area contributed by atoms with Crippen molar-refractivity contribution < 1.29 is 83.0 Å². The Morgan fingerprint density at radius 3 is 0.688 bits per heavy atom. The van der Waals surface area contributed by atoms with E-state index in [4.69, 9.17) is 73.5 Å². The normalized spacial score (nSPS) is 10.2. The molecule has 0 saturated carbocycles. The van der Waals surface area contributed by atoms with Crippen molar-refractivity contribution in [1.82, 2.24) is 0 Å². The summed E-state index contributed by atoms with van der Waals surface area (Å²) in [5.74, 6) is 4.69. The molecule has 0 unspecified atom stereocenters. The fraction of sp³-hybridized carbons (Fsp3) is 0.0455. The van der Waals surface area contributed by atoms with E-state index < -0.39 is 32.8 Å². The van der Waals surface area contributed by atoms with E-state index in [9.17, 15) is 13.2 Å². The number of alkyl halides is 5. The number of benzene rings is 7. The Balaban J connectivity index is 0.000000313. The standard InChI is InChI=1S/2C18H16O3P.C6H6O2.CH2Cl2.CHF3O3S.Rh/c2*1-4-10-16(11-5-1)19-22(20-17-12-6-2-7-13-17)21-18-14-8-3-9-15-18;7-5-1-2-6(8)4-3-5;2-1-3;2-1(3,4)8(5,6)7;/h2*1-15,22H;1-4,7-8H;1H2;(H,5,6,7);/q2*+1;;;;/p-1. The summed E-state index contributed by atoms with van der Waals surface area (Å²) in [6, 6.07) is 62.9. The first-order valence-corrected chi connectivity index (χ1v) is 22.9. The summed E-state index contributed by atoms with van der Waals surface area (Å²) >= 11 is 9.53. The molecule has 2 N–H and O–H groups in total. The summed E-state index contributed by atoms with van der Waals surface area (Å²) < 4.78 is 94.2. The maximum atomic E-state index is 10.7. The molecule has 0 spiro atoms. The van der Waals surface area contributed by atoms with Gasteiger partial charge in [0, 0.05) is 19.5 Å². The molecule has 64 heavy (non-hydrogen) atoms. The molecule has 0 aliphatic rings. The molecule has 0 saturated heterocycles. The van der Waals surface area contributed by atoms with Gasteiger partial charge in [-0.15, -0.1) is 23.2 Å². The van der Waals surface area contributed by atoms with Gasteiger partial charge in [0.15, 0.2) is 44.6 Å². The second-order valence-electron chi connectivity index (χ2n) is 11.5. The molecule has 0 aliphatic heterocycles. The fourth-order valence-electron chi connectivity index (χ4n) is 4.09. The number of rotatable bonds is 12. The van der Waals surface area contributed by atoms with Gasteiger partial charge in [0.1, 0.15) is 11.5 Å². The first-order valence-electron chi connectivity index (χ1n) is 18.0. The van der Waals surface area contributed by atoms with E-state index in [1.165, 1.54) is 24.3 Å². The number of aromatic hydroxyl groups is 2. The van der Waals surface area contributed by atoms with Gasteiger partial charge in [-0.25, -0.2) is 8.42 Å². The SMILES string of the molecule is ClCCl.O=S(=O)([O-])C(F)(F)F.Oc1ccc(O)cc1.[Rh].c1ccc(O[PH+](Oc2ccccc2)Oc2ccccc2)cc1.c1ccc(O[PH+](Oc2ccccc2)Oc2ccccc2)cc1. The van der Waals surface area contributed by atoms with E-state index in [1.54, 1.807) is 0 Å². The Bertz CT molecular complexity index is 2000. The molecule has 0 bridgehead atoms. The zero-order valence-electron chi connectivity index (χ0n) is 33.0. The molecule has 0 amide bonds. The summed E-state index contributed by atoms with van der Waals surface area (Å²) in [4.78, 5) is 0. The van der Waals surface area contributed by atoms with Gasteiger partial charge in [0.2, 0.25) is 0 Å². The van der Waals surface area contributed by atoms with E-state index in [0.717, 1.165) is 34.5 Å². The molecule has 0 heterocycles. The molecule has 7 aromatic carbocycles. The summed E-state index contributed by atoms with van der Waals surface area (Å²) in [7, 11) is -10.1. The average Bonchev–Trinajstić information content (AvgIpc) is 3.27. The second-order valence-corrected chi connectivity index (χ2v) is 15.9. The number of hydrogen-bond donors (Lipinski definition) is 2. The van der Waals surface area contributed by atoms with Crippen LogP contribution in [0.25, 0.3) is 0 Å². The number of para-hydroxylation sites is 6. The molecule has 7 aromatic rings. The monoisotopic (exact) mass is 1070 g/mol. The summed E-state index contributed by atoms with van der Waals surface area (Å²) in [5, 5.41) is 17.5. The van der Waals surface area contributed by atoms with E-state index in [-0.39, 0.29) is 36.3 Å². The third-order valence-corrected chi connectivity index (χ3v) is 9.78. The molecule has 0 aliphatic carbocycles. The summed E-state index contributed by atoms with van der Waals surface area (Å²) in [5.41, 5.74) is -5.65. The van der Waals surface area contributed by atoms with E-state index in [1.807, 2.05) is 182 Å². The molecular weight excluding hydrogens is 1030 g/mol. The number of phenolic OH excluding ortho intramolecular Hbond substituents is 2. The van der Waals surface area contributed by atoms with Crippen LogP contribution in [0.2, 0.25) is 0 Å². The van der Waals surface area contributed by atoms with Crippen LogP contribution in [-0.4, -0.2) is 34.0 Å². The van der Waals surface area contributed by atoms with Crippen LogP contribution >= 0.6 is 40.4 Å². The smallest absolute Gasteiger partial charge is 0.528 e. The topological polar surface area (TPSA) is 153 Å². The molecule has 0 fully saturated rings. The first-order chi connectivity index (χ1) is 30.2. The Kier molecular flexibility index (Phi) is 26.3. The van der Waals surface area contributed by atoms with Gasteiger partial charge in [-0.2, -0.15) is 13.2 Å². The minimum atomic E-state index is -6.09. The van der Waals surface area contributed by atoms with E-state index >= 15 is 0 Å². The number of hydrogen-bond acceptors (Lipinski definition) is 11. The van der Waals surface area contributed by atoms with Gasteiger partial charge in [0.25, 0.3) is 0 Å². The van der Waals surface area contributed by atoms with Gasteiger partial charge in [0.05, 0.1) is 5.34 Å². The molecule has 341 valence electrons. The quantitative estimate of drug-likeness (QED) is 0.0300. The summed E-state index contributed by atoms with van der Waals surface area (Å²) in [6.07, 6.45) is 0. The number of halogens is 5. The van der Waals surface area contributed by atoms with E-state index in [0.29, 0.717) is 0 Å². The van der Waals surface area contributed by atoms with Crippen molar-refractivity contribution >= 4 is 50.5 Å². The minimum absolute atomic E-state index is 0. The molecule has 1 radical (unpaired) electrons. The predicted molar refractivity (Wildman–Crippen MR) is 241 cm³/mol. The van der Waals surface area contributed by atoms with Crippen molar-refractivity contribution in [3.8, 4) is 46.0 Å². The molecule has 0 atom stereocenters. The van der Waals surface area contributed by atoms with Crippen LogP contribution in [0.15, 0.2) is 206 Å². The fourth-order valence-corrected chi connectivity index (χ4v) is 6.31. The van der Waals surface area contributed by atoms with Crippen LogP contribution in [0.3, 0.4) is 0 Å². The zero-order valence-corrected chi connectivity index (χ0v) is 39.0. The third-order valence-electron chi connectivity index (χ3n) is 6.80. The van der Waals surface area contributed by atoms with Crippen molar-refractivity contribution in [2.24, 2.45) is 0 Å². The van der Waals surface area contributed by atoms with E-state index in [2.05, 4.69) is 0 Å². The minimum Gasteiger partial charge on any atom is -0.741 e. The largest absolute Gasteiger partial charge is 0.741 e. The van der Waals surface area contributed by atoms with Gasteiger partial charge < -0.3 is 14.8 Å². The van der Waals surface area contributed by atoms with Crippen LogP contribution < -0.4 is 27.1 Å². The molecule has 20 heteroatoms. The second kappa shape index (κ2) is 30.7. The molecular formula is C44H40Cl2F3O11P2RhS+. The van der Waals surface area contributed by atoms with Crippen molar-refractivity contribution in [2.75, 3.05) is 5.34 Å². The van der Waals surface area contributed by atoms with Crippen molar-refractivity contribution in [3.63, 3.8) is 0 Å². The van der Waals surface area contributed by atoms with Crippen LogP contribution in [0.4, 0.5) is 13.2 Å². The van der Waals surface area contributed by atoms with Gasteiger partial charge in [-0.1, -0.05) is 109 Å². The maximum Gasteiger partial charge on any atom is 0.528 e. The molecule has 11 nitrogen and oxygen atoms in total. The number of phenols is 2. The summed E-state index contributed by atoms with van der Waals surface area (Å²) in [6.45, 7) is 0. The Labute approximate surface area is 394 Å². The van der Waals surface area contributed by atoms with Crippen molar-refractivity contribution in [1.29, 1.82) is 0 Å². The zero-order chi connectivity index (χ0) is 45.8. The maximum absolute atomic E-state index is 10.7. The Hall–Kier alpha value is -5.30. The Morgan fingerprint density at radius 2 is 0.562 bits per heavy atom. The van der Waals surface area contributed by atoms with Crippen LogP contribution in [0.1, 0.15) is 0 Å². The third kappa shape index (κ3) is 24.0. The molecule has 7 rings (SSSR count). The average molecular weight is 1070 g/mol. The molecule has 0 aromatic heterocycles. The van der Waals surface area contributed by atoms with Crippen molar-refractivity contribution in [2.45, 2.75) is 5.51 Å². The first kappa shape index (κ1) is 54.8. The van der Waals surface area contributed by atoms with Gasteiger partial charge in [-0.05, 0) is 97.1 Å². The van der Waals surface area contributed by atoms with Crippen molar-refractivity contribution in [3.05, 3.63) is 206 Å².